The maximum atomic E-state index is 12.6. The number of nitrogens with zero attached hydrogens (tertiary/aromatic N) is 2. The fourth-order valence-electron chi connectivity index (χ4n) is 2.49. The molecule has 0 radical (unpaired) electrons. The Labute approximate surface area is 122 Å². The minimum Gasteiger partial charge on any atom is -0.502 e. The van der Waals surface area contributed by atoms with Crippen molar-refractivity contribution in [3.63, 3.8) is 0 Å². The maximum absolute atomic E-state index is 12.6. The predicted molar refractivity (Wildman–Crippen MR) is 76.1 cm³/mol. The number of phenols is 1. The summed E-state index contributed by atoms with van der Waals surface area (Å²) in [5, 5.41) is 20.9. The third-order valence-electron chi connectivity index (χ3n) is 4.08. The summed E-state index contributed by atoms with van der Waals surface area (Å²) < 4.78 is 0. The van der Waals surface area contributed by atoms with E-state index < -0.39 is 16.4 Å². The van der Waals surface area contributed by atoms with Crippen LogP contribution < -0.4 is 0 Å². The van der Waals surface area contributed by atoms with Gasteiger partial charge in [-0.3, -0.25) is 14.9 Å². The van der Waals surface area contributed by atoms with Gasteiger partial charge >= 0.3 is 5.69 Å². The van der Waals surface area contributed by atoms with Gasteiger partial charge in [0.05, 0.1) is 10.5 Å². The first-order chi connectivity index (χ1) is 10.1. The van der Waals surface area contributed by atoms with Crippen molar-refractivity contribution in [2.24, 2.45) is 11.8 Å². The van der Waals surface area contributed by atoms with Crippen molar-refractivity contribution in [1.29, 1.82) is 0 Å². The zero-order valence-corrected chi connectivity index (χ0v) is 11.7. The molecule has 0 bridgehead atoms. The number of aromatic hydroxyl groups is 1. The summed E-state index contributed by atoms with van der Waals surface area (Å²) in [7, 11) is 0. The Hall–Kier alpha value is -2.11. The number of benzene rings is 1. The molecule has 0 heterocycles. The van der Waals surface area contributed by atoms with Gasteiger partial charge in [0.15, 0.2) is 0 Å². The van der Waals surface area contributed by atoms with E-state index in [4.69, 9.17) is 0 Å². The summed E-state index contributed by atoms with van der Waals surface area (Å²) in [5.41, 5.74) is -0.385. The highest BCUT2D eigenvalue weighted by Gasteiger charge is 2.33. The van der Waals surface area contributed by atoms with Crippen LogP contribution in [0.5, 0.6) is 5.75 Å². The smallest absolute Gasteiger partial charge is 0.311 e. The Morgan fingerprint density at radius 2 is 1.81 bits per heavy atom. The van der Waals surface area contributed by atoms with Crippen LogP contribution in [-0.2, 0) is 0 Å². The van der Waals surface area contributed by atoms with E-state index in [-0.39, 0.29) is 11.5 Å². The summed E-state index contributed by atoms with van der Waals surface area (Å²) in [6.07, 6.45) is 4.54. The third-order valence-corrected chi connectivity index (χ3v) is 4.08. The lowest BCUT2D eigenvalue weighted by Crippen LogP contribution is -2.34. The van der Waals surface area contributed by atoms with Crippen molar-refractivity contribution in [3.05, 3.63) is 33.9 Å². The molecule has 1 amide bonds. The molecule has 2 aliphatic rings. The van der Waals surface area contributed by atoms with Crippen LogP contribution in [0.3, 0.4) is 0 Å². The summed E-state index contributed by atoms with van der Waals surface area (Å²) in [4.78, 5) is 24.6. The van der Waals surface area contributed by atoms with E-state index in [2.05, 4.69) is 0 Å². The molecule has 0 unspecified atom stereocenters. The monoisotopic (exact) mass is 290 g/mol. The minimum atomic E-state index is -0.668. The minimum absolute atomic E-state index is 0.0329. The number of carbonyl (C=O) groups is 1. The average Bonchev–Trinajstić information content (AvgIpc) is 3.32. The first-order valence-electron chi connectivity index (χ1n) is 7.32. The molecule has 3 rings (SSSR count). The molecule has 0 saturated heterocycles. The quantitative estimate of drug-likeness (QED) is 0.644. The molecule has 0 aliphatic heterocycles. The summed E-state index contributed by atoms with van der Waals surface area (Å²) in [5.74, 6) is 0.279. The zero-order valence-electron chi connectivity index (χ0n) is 11.7. The van der Waals surface area contributed by atoms with Gasteiger partial charge in [0.2, 0.25) is 5.75 Å². The Balaban J connectivity index is 1.83. The van der Waals surface area contributed by atoms with Gasteiger partial charge in [-0.2, -0.15) is 0 Å². The van der Waals surface area contributed by atoms with Crippen LogP contribution in [0.25, 0.3) is 0 Å². The molecule has 2 saturated carbocycles. The van der Waals surface area contributed by atoms with Crippen LogP contribution in [0.1, 0.15) is 36.0 Å². The van der Waals surface area contributed by atoms with E-state index in [0.717, 1.165) is 25.7 Å². The number of hydrogen-bond acceptors (Lipinski definition) is 4. The second kappa shape index (κ2) is 5.35. The van der Waals surface area contributed by atoms with E-state index in [0.29, 0.717) is 24.9 Å². The number of rotatable bonds is 6. The Morgan fingerprint density at radius 3 is 2.29 bits per heavy atom. The number of hydrogen-bond donors (Lipinski definition) is 1. The van der Waals surface area contributed by atoms with Crippen molar-refractivity contribution in [1.82, 2.24) is 4.90 Å². The fourth-order valence-corrected chi connectivity index (χ4v) is 2.49. The molecule has 0 spiro atoms. The Kier molecular flexibility index (Phi) is 3.53. The molecule has 1 aromatic carbocycles. The lowest BCUT2D eigenvalue weighted by molar-refractivity contribution is -0.385. The molecule has 112 valence electrons. The predicted octanol–water partition coefficient (Wildman–Crippen LogP) is 2.56. The summed E-state index contributed by atoms with van der Waals surface area (Å²) in [6, 6.07) is 4.10. The van der Waals surface area contributed by atoms with Gasteiger partial charge in [0.1, 0.15) is 0 Å². The second-order valence-corrected chi connectivity index (χ2v) is 6.03. The van der Waals surface area contributed by atoms with Crippen LogP contribution in [0, 0.1) is 22.0 Å². The fraction of sp³-hybridized carbons (Fsp3) is 0.533. The van der Waals surface area contributed by atoms with Crippen LogP contribution in [0.2, 0.25) is 0 Å². The molecule has 2 aliphatic carbocycles. The van der Waals surface area contributed by atoms with Gasteiger partial charge in [-0.1, -0.05) is 6.07 Å². The Bertz CT molecular complexity index is 565. The number of amides is 1. The summed E-state index contributed by atoms with van der Waals surface area (Å²) in [6.45, 7) is 1.38. The average molecular weight is 290 g/mol. The van der Waals surface area contributed by atoms with Crippen LogP contribution >= 0.6 is 0 Å². The SMILES string of the molecule is O=C(c1cccc([N+](=O)[O-])c1O)N(CC1CC1)CC1CC1. The van der Waals surface area contributed by atoms with Crippen molar-refractivity contribution >= 4 is 11.6 Å². The molecule has 1 aromatic rings. The molecule has 6 heteroatoms. The number of nitro groups is 1. The van der Waals surface area contributed by atoms with Gasteiger partial charge in [0, 0.05) is 19.2 Å². The van der Waals surface area contributed by atoms with E-state index in [1.165, 1.54) is 18.2 Å². The molecular weight excluding hydrogens is 272 g/mol. The standard InChI is InChI=1S/C15H18N2O4/c18-14-12(2-1-3-13(14)17(20)21)15(19)16(8-10-4-5-10)9-11-6-7-11/h1-3,10-11,18H,4-9H2. The van der Waals surface area contributed by atoms with Gasteiger partial charge in [-0.25, -0.2) is 0 Å². The van der Waals surface area contributed by atoms with E-state index in [1.54, 1.807) is 4.90 Å². The zero-order chi connectivity index (χ0) is 15.0. The molecule has 6 nitrogen and oxygen atoms in total. The van der Waals surface area contributed by atoms with E-state index in [1.807, 2.05) is 0 Å². The van der Waals surface area contributed by atoms with Gasteiger partial charge < -0.3 is 10.0 Å². The van der Waals surface area contributed by atoms with Crippen LogP contribution in [0.4, 0.5) is 5.69 Å². The van der Waals surface area contributed by atoms with Gasteiger partial charge in [0.25, 0.3) is 5.91 Å². The number of carbonyl (C=O) groups excluding carboxylic acids is 1. The van der Waals surface area contributed by atoms with Crippen molar-refractivity contribution < 1.29 is 14.8 Å². The van der Waals surface area contributed by atoms with Gasteiger partial charge in [-0.05, 0) is 43.6 Å². The summed E-state index contributed by atoms with van der Waals surface area (Å²) >= 11 is 0. The lowest BCUT2D eigenvalue weighted by Gasteiger charge is -2.23. The Morgan fingerprint density at radius 1 is 1.24 bits per heavy atom. The number of para-hydroxylation sites is 1. The van der Waals surface area contributed by atoms with Gasteiger partial charge in [-0.15, -0.1) is 0 Å². The van der Waals surface area contributed by atoms with Crippen molar-refractivity contribution in [3.8, 4) is 5.75 Å². The largest absolute Gasteiger partial charge is 0.502 e. The highest BCUT2D eigenvalue weighted by molar-refractivity contribution is 5.98. The topological polar surface area (TPSA) is 83.7 Å². The molecule has 0 aromatic heterocycles. The number of phenolic OH excluding ortho intramolecular Hbond substituents is 1. The van der Waals surface area contributed by atoms with E-state index in [9.17, 15) is 20.0 Å². The highest BCUT2D eigenvalue weighted by Crippen LogP contribution is 2.36. The molecule has 2 fully saturated rings. The first kappa shape index (κ1) is 13.9. The third kappa shape index (κ3) is 3.15. The van der Waals surface area contributed by atoms with Crippen LogP contribution in [0.15, 0.2) is 18.2 Å². The van der Waals surface area contributed by atoms with Crippen molar-refractivity contribution in [2.45, 2.75) is 25.7 Å². The normalized spacial score (nSPS) is 17.5. The second-order valence-electron chi connectivity index (χ2n) is 6.03. The molecule has 21 heavy (non-hydrogen) atoms. The van der Waals surface area contributed by atoms with Crippen molar-refractivity contribution in [2.75, 3.05) is 13.1 Å². The van der Waals surface area contributed by atoms with Crippen LogP contribution in [-0.4, -0.2) is 33.9 Å². The molecule has 0 atom stereocenters. The number of nitro benzene ring substituents is 1. The molecule has 1 N–H and O–H groups in total. The maximum Gasteiger partial charge on any atom is 0.311 e. The van der Waals surface area contributed by atoms with E-state index >= 15 is 0 Å². The first-order valence-corrected chi connectivity index (χ1v) is 7.32. The molecular formula is C15H18N2O4. The lowest BCUT2D eigenvalue weighted by atomic mass is 10.1. The highest BCUT2D eigenvalue weighted by atomic mass is 16.6.